The molecule has 2 aromatic carbocycles. The molecule has 0 aromatic heterocycles. The zero-order valence-corrected chi connectivity index (χ0v) is 31.3. The average molecular weight is 749 g/mol. The van der Waals surface area contributed by atoms with Crippen LogP contribution in [0.15, 0.2) is 42.5 Å². The molecule has 1 unspecified atom stereocenters. The molecule has 3 N–H and O–H groups in total. The van der Waals surface area contributed by atoms with Crippen molar-refractivity contribution in [3.63, 3.8) is 0 Å². The summed E-state index contributed by atoms with van der Waals surface area (Å²) in [5.41, 5.74) is -0.488. The molecule has 0 aliphatic carbocycles. The summed E-state index contributed by atoms with van der Waals surface area (Å²) in [4.78, 5) is 73.5. The number of rotatable bonds is 19. The van der Waals surface area contributed by atoms with E-state index in [9.17, 15) is 34.1 Å². The molecule has 0 radical (unpaired) electrons. The van der Waals surface area contributed by atoms with Gasteiger partial charge >= 0.3 is 18.2 Å². The average Bonchev–Trinajstić information content (AvgIpc) is 3.09. The quantitative estimate of drug-likeness (QED) is 0.0407. The van der Waals surface area contributed by atoms with Crippen molar-refractivity contribution in [2.75, 3.05) is 32.2 Å². The Labute approximate surface area is 307 Å². The second-order valence-electron chi connectivity index (χ2n) is 12.6. The van der Waals surface area contributed by atoms with Gasteiger partial charge in [-0.25, -0.2) is 14.4 Å². The van der Waals surface area contributed by atoms with Gasteiger partial charge < -0.3 is 39.6 Å². The van der Waals surface area contributed by atoms with Crippen LogP contribution in [0.4, 0.5) is 15.3 Å². The molecule has 0 fully saturated rings. The highest BCUT2D eigenvalue weighted by atomic mass is 32.2. The lowest BCUT2D eigenvalue weighted by molar-refractivity contribution is -0.384. The van der Waals surface area contributed by atoms with E-state index in [4.69, 9.17) is 23.7 Å². The highest BCUT2D eigenvalue weighted by molar-refractivity contribution is 7.98. The molecule has 16 nitrogen and oxygen atoms in total. The topological polar surface area (TPSA) is 211 Å². The lowest BCUT2D eigenvalue weighted by atomic mass is 9.99. The number of carbonyl (C=O) groups is 5. The van der Waals surface area contributed by atoms with Crippen molar-refractivity contribution in [2.24, 2.45) is 5.92 Å². The van der Waals surface area contributed by atoms with Gasteiger partial charge in [0.05, 0.1) is 18.6 Å². The zero-order chi connectivity index (χ0) is 38.8. The Kier molecular flexibility index (Phi) is 17.7. The monoisotopic (exact) mass is 748 g/mol. The van der Waals surface area contributed by atoms with E-state index in [1.807, 2.05) is 13.2 Å². The van der Waals surface area contributed by atoms with Gasteiger partial charge in [-0.15, -0.1) is 0 Å². The highest BCUT2D eigenvalue weighted by Gasteiger charge is 2.29. The fraction of sp³-hybridized carbons (Fsp3) is 0.514. The van der Waals surface area contributed by atoms with Gasteiger partial charge in [0.25, 0.3) is 5.69 Å². The molecule has 17 heteroatoms. The van der Waals surface area contributed by atoms with E-state index in [0.717, 1.165) is 0 Å². The first-order valence-corrected chi connectivity index (χ1v) is 18.0. The summed E-state index contributed by atoms with van der Waals surface area (Å²) in [5.74, 6) is -1.01. The second-order valence-corrected chi connectivity index (χ2v) is 13.5. The van der Waals surface area contributed by atoms with Crippen LogP contribution in [0.3, 0.4) is 0 Å². The van der Waals surface area contributed by atoms with Crippen LogP contribution in [0.1, 0.15) is 72.0 Å². The van der Waals surface area contributed by atoms with Crippen molar-refractivity contribution in [1.29, 1.82) is 0 Å². The summed E-state index contributed by atoms with van der Waals surface area (Å²) < 4.78 is 27.1. The number of nitrogens with one attached hydrogen (secondary N) is 3. The van der Waals surface area contributed by atoms with E-state index in [1.165, 1.54) is 61.3 Å². The SMILES string of the molecule is CC[C@H](C)[C@H](NC(=O)CCCNC(=O)OC(C)(C)C)C(=O)Oc1ccc(C(CNC(=O)CCSC)OC(=O)Oc2ccc([N+](=O)[O-])cc2)cc1OC. The predicted octanol–water partition coefficient (Wildman–Crippen LogP) is 5.47. The van der Waals surface area contributed by atoms with E-state index in [-0.39, 0.29) is 60.7 Å². The number of hydrogen-bond donors (Lipinski definition) is 3. The van der Waals surface area contributed by atoms with Gasteiger partial charge in [-0.3, -0.25) is 19.7 Å². The van der Waals surface area contributed by atoms with Gasteiger partial charge in [0.2, 0.25) is 11.8 Å². The van der Waals surface area contributed by atoms with Crippen molar-refractivity contribution in [3.8, 4) is 17.2 Å². The number of esters is 1. The normalized spacial score (nSPS) is 12.7. The number of hydrogen-bond acceptors (Lipinski definition) is 13. The number of nitro groups is 1. The molecule has 0 saturated carbocycles. The first kappa shape index (κ1) is 43.1. The summed E-state index contributed by atoms with van der Waals surface area (Å²) in [6, 6.07) is 8.22. The molecule has 2 aromatic rings. The van der Waals surface area contributed by atoms with E-state index in [0.29, 0.717) is 24.2 Å². The van der Waals surface area contributed by atoms with Crippen LogP contribution in [0.25, 0.3) is 0 Å². The van der Waals surface area contributed by atoms with Gasteiger partial charge in [-0.05, 0) is 69.2 Å². The number of benzene rings is 2. The first-order valence-electron chi connectivity index (χ1n) is 16.6. The van der Waals surface area contributed by atoms with Gasteiger partial charge in [0.15, 0.2) is 11.5 Å². The van der Waals surface area contributed by atoms with Crippen molar-refractivity contribution in [2.45, 2.75) is 78.0 Å². The summed E-state index contributed by atoms with van der Waals surface area (Å²) >= 11 is 1.49. The Morgan fingerprint density at radius 1 is 0.942 bits per heavy atom. The standard InChI is InChI=1S/C35H48N4O12S/c1-8-22(2)31(38-30(41)10-9-18-36-33(43)51-35(3,4)5)32(42)49-26-16-11-23(20-27(26)47-6)28(21-37-29(40)17-19-52-7)50-34(44)48-25-14-12-24(13-15-25)39(45)46/h11-16,20,22,28,31H,8-10,17-19,21H2,1-7H3,(H,36,43)(H,37,40)(H,38,41)/t22-,28?,31-/m0/s1. The number of thioether (sulfide) groups is 1. The van der Waals surface area contributed by atoms with Crippen molar-refractivity contribution in [3.05, 3.63) is 58.1 Å². The summed E-state index contributed by atoms with van der Waals surface area (Å²) in [5, 5.41) is 19.0. The number of ether oxygens (including phenoxy) is 5. The van der Waals surface area contributed by atoms with Crippen molar-refractivity contribution >= 4 is 47.5 Å². The Morgan fingerprint density at radius 2 is 1.63 bits per heavy atom. The molecule has 52 heavy (non-hydrogen) atoms. The molecule has 3 amide bonds. The Hall–Kier alpha value is -5.06. The lowest BCUT2D eigenvalue weighted by Gasteiger charge is -2.24. The zero-order valence-electron chi connectivity index (χ0n) is 30.5. The molecule has 0 aliphatic rings. The molecule has 0 spiro atoms. The Balaban J connectivity index is 2.17. The molecule has 286 valence electrons. The molecule has 0 aliphatic heterocycles. The third-order valence-corrected chi connectivity index (χ3v) is 7.92. The number of non-ortho nitro benzene ring substituents is 1. The van der Waals surface area contributed by atoms with E-state index < -0.39 is 46.8 Å². The molecular formula is C35H48N4O12S. The maximum absolute atomic E-state index is 13.4. The van der Waals surface area contributed by atoms with Crippen molar-refractivity contribution < 1.29 is 52.6 Å². The van der Waals surface area contributed by atoms with E-state index in [2.05, 4.69) is 16.0 Å². The minimum Gasteiger partial charge on any atom is -0.493 e. The number of carbonyl (C=O) groups excluding carboxylic acids is 5. The fourth-order valence-electron chi connectivity index (χ4n) is 4.40. The molecule has 2 rings (SSSR count). The maximum Gasteiger partial charge on any atom is 0.514 e. The molecule has 0 heterocycles. The number of amides is 3. The smallest absolute Gasteiger partial charge is 0.493 e. The molecule has 0 saturated heterocycles. The summed E-state index contributed by atoms with van der Waals surface area (Å²) in [6.07, 6.45) is 0.177. The maximum atomic E-state index is 13.4. The molecule has 0 bridgehead atoms. The lowest BCUT2D eigenvalue weighted by Crippen LogP contribution is -2.47. The van der Waals surface area contributed by atoms with Gasteiger partial charge in [-0.2, -0.15) is 11.8 Å². The second kappa shape index (κ2) is 21.3. The van der Waals surface area contributed by atoms with Crippen LogP contribution in [0.2, 0.25) is 0 Å². The van der Waals surface area contributed by atoms with E-state index in [1.54, 1.807) is 27.7 Å². The van der Waals surface area contributed by atoms with Crippen molar-refractivity contribution in [1.82, 2.24) is 16.0 Å². The third kappa shape index (κ3) is 15.4. The number of alkyl carbamates (subject to hydrolysis) is 1. The third-order valence-electron chi connectivity index (χ3n) is 7.31. The van der Waals surface area contributed by atoms with Gasteiger partial charge in [-0.1, -0.05) is 26.3 Å². The summed E-state index contributed by atoms with van der Waals surface area (Å²) in [7, 11) is 1.35. The molecular weight excluding hydrogens is 700 g/mol. The van der Waals surface area contributed by atoms with E-state index >= 15 is 0 Å². The Morgan fingerprint density at radius 3 is 2.23 bits per heavy atom. The van der Waals surface area contributed by atoms with Crippen LogP contribution < -0.4 is 30.2 Å². The highest BCUT2D eigenvalue weighted by Crippen LogP contribution is 2.32. The predicted molar refractivity (Wildman–Crippen MR) is 192 cm³/mol. The van der Waals surface area contributed by atoms with Crippen LogP contribution in [0, 0.1) is 16.0 Å². The number of nitrogens with zero attached hydrogens (tertiary/aromatic N) is 1. The number of nitro benzene ring substituents is 1. The van der Waals surface area contributed by atoms with Crippen LogP contribution >= 0.6 is 11.8 Å². The molecule has 3 atom stereocenters. The number of methoxy groups -OCH3 is 1. The van der Waals surface area contributed by atoms with Gasteiger partial charge in [0.1, 0.15) is 23.5 Å². The van der Waals surface area contributed by atoms with Crippen LogP contribution in [-0.4, -0.2) is 78.8 Å². The van der Waals surface area contributed by atoms with Crippen LogP contribution in [-0.2, 0) is 23.9 Å². The summed E-state index contributed by atoms with van der Waals surface area (Å²) in [6.45, 7) is 8.95. The van der Waals surface area contributed by atoms with Crippen LogP contribution in [0.5, 0.6) is 17.2 Å². The fourth-order valence-corrected chi connectivity index (χ4v) is 4.79. The minimum atomic E-state index is -1.14. The Bertz CT molecular complexity index is 1530. The van der Waals surface area contributed by atoms with Gasteiger partial charge in [0, 0.05) is 37.3 Å². The minimum absolute atomic E-state index is 0.00128. The largest absolute Gasteiger partial charge is 0.514 e. The first-order chi connectivity index (χ1) is 24.6.